The van der Waals surface area contributed by atoms with Gasteiger partial charge in [0.25, 0.3) is 0 Å². The van der Waals surface area contributed by atoms with Gasteiger partial charge in [0.15, 0.2) is 11.5 Å². The zero-order chi connectivity index (χ0) is 16.5. The number of phenols is 2. The van der Waals surface area contributed by atoms with Crippen molar-refractivity contribution in [2.75, 3.05) is 13.7 Å². The van der Waals surface area contributed by atoms with Crippen LogP contribution >= 0.6 is 0 Å². The quantitative estimate of drug-likeness (QED) is 0.548. The number of hydrogen-bond donors (Lipinski definition) is 3. The van der Waals surface area contributed by atoms with E-state index in [9.17, 15) is 19.8 Å². The van der Waals surface area contributed by atoms with Crippen molar-refractivity contribution in [1.29, 1.82) is 0 Å². The fraction of sp³-hybridized carbons (Fsp3) is 0.467. The third-order valence-electron chi connectivity index (χ3n) is 3.76. The number of nitrogens with one attached hydrogen (secondary N) is 1. The molecule has 120 valence electrons. The molecule has 0 unspecified atom stereocenters. The number of methoxy groups -OCH3 is 1. The van der Waals surface area contributed by atoms with Crippen LogP contribution < -0.4 is 5.32 Å². The van der Waals surface area contributed by atoms with Crippen molar-refractivity contribution >= 4 is 11.9 Å². The lowest BCUT2D eigenvalue weighted by Gasteiger charge is -2.30. The van der Waals surface area contributed by atoms with Crippen molar-refractivity contribution in [3.05, 3.63) is 23.8 Å². The minimum atomic E-state index is -0.672. The van der Waals surface area contributed by atoms with E-state index in [1.165, 1.54) is 24.1 Å². The third kappa shape index (κ3) is 3.14. The monoisotopic (exact) mass is 308 g/mol. The molecule has 0 spiro atoms. The van der Waals surface area contributed by atoms with Crippen LogP contribution in [0, 0.1) is 0 Å². The Morgan fingerprint density at radius 1 is 1.36 bits per heavy atom. The summed E-state index contributed by atoms with van der Waals surface area (Å²) in [5.41, 5.74) is 0.0337. The summed E-state index contributed by atoms with van der Waals surface area (Å²) >= 11 is 0. The summed E-state index contributed by atoms with van der Waals surface area (Å²) in [5.74, 6) is -1.12. The molecule has 1 atom stereocenters. The Bertz CT molecular complexity index is 600. The lowest BCUT2D eigenvalue weighted by atomic mass is 10.1. The molecule has 3 N–H and O–H groups in total. The average Bonchev–Trinajstić information content (AvgIpc) is 2.66. The topological polar surface area (TPSA) is 99.1 Å². The van der Waals surface area contributed by atoms with E-state index in [0.717, 1.165) is 0 Å². The van der Waals surface area contributed by atoms with Gasteiger partial charge in [0, 0.05) is 0 Å². The summed E-state index contributed by atoms with van der Waals surface area (Å²) in [7, 11) is 1.28. The van der Waals surface area contributed by atoms with Gasteiger partial charge in [-0.1, -0.05) is 6.07 Å². The Balaban J connectivity index is 2.14. The maximum absolute atomic E-state index is 12.5. The molecule has 0 saturated carbocycles. The molecule has 1 saturated heterocycles. The summed E-state index contributed by atoms with van der Waals surface area (Å²) in [5, 5.41) is 22.0. The van der Waals surface area contributed by atoms with Crippen LogP contribution in [0.5, 0.6) is 11.5 Å². The minimum Gasteiger partial charge on any atom is -0.504 e. The van der Waals surface area contributed by atoms with Crippen LogP contribution in [-0.4, -0.2) is 52.3 Å². The second-order valence-electron chi connectivity index (χ2n) is 5.78. The second-order valence-corrected chi connectivity index (χ2v) is 5.78. The third-order valence-corrected chi connectivity index (χ3v) is 3.76. The Kier molecular flexibility index (Phi) is 4.27. The number of amides is 1. The molecule has 0 bridgehead atoms. The highest BCUT2D eigenvalue weighted by Crippen LogP contribution is 2.27. The first-order valence-electron chi connectivity index (χ1n) is 6.91. The fourth-order valence-corrected chi connectivity index (χ4v) is 2.57. The standard InChI is InChI=1S/C15H20N2O5/c1-15(2)16-10(14(21)17(15)8-13(20)22-3)6-9-4-5-11(18)12(19)7-9/h4-5,7,10,16,18-19H,6,8H2,1-3H3/t10-/m0/s1. The van der Waals surface area contributed by atoms with Crippen molar-refractivity contribution < 1.29 is 24.5 Å². The van der Waals surface area contributed by atoms with Gasteiger partial charge in [-0.3, -0.25) is 14.9 Å². The number of phenolic OH excluding ortho intramolecular Hbond substituents is 2. The zero-order valence-corrected chi connectivity index (χ0v) is 12.8. The molecule has 2 rings (SSSR count). The predicted molar refractivity (Wildman–Crippen MR) is 78.2 cm³/mol. The van der Waals surface area contributed by atoms with Crippen LogP contribution in [0.1, 0.15) is 19.4 Å². The van der Waals surface area contributed by atoms with Gasteiger partial charge in [0.1, 0.15) is 6.54 Å². The molecule has 0 aromatic heterocycles. The van der Waals surface area contributed by atoms with Gasteiger partial charge in [-0.05, 0) is 38.0 Å². The fourth-order valence-electron chi connectivity index (χ4n) is 2.57. The number of aromatic hydroxyl groups is 2. The Labute approximate surface area is 128 Å². The van der Waals surface area contributed by atoms with Crippen LogP contribution in [0.4, 0.5) is 0 Å². The van der Waals surface area contributed by atoms with Crippen LogP contribution in [-0.2, 0) is 20.7 Å². The van der Waals surface area contributed by atoms with Gasteiger partial charge in [-0.25, -0.2) is 0 Å². The van der Waals surface area contributed by atoms with Crippen molar-refractivity contribution in [3.63, 3.8) is 0 Å². The molecule has 1 fully saturated rings. The van der Waals surface area contributed by atoms with E-state index in [-0.39, 0.29) is 24.0 Å². The highest BCUT2D eigenvalue weighted by atomic mass is 16.5. The molecule has 22 heavy (non-hydrogen) atoms. The van der Waals surface area contributed by atoms with E-state index in [4.69, 9.17) is 0 Å². The summed E-state index contributed by atoms with van der Waals surface area (Å²) in [6.45, 7) is 3.50. The molecule has 1 heterocycles. The smallest absolute Gasteiger partial charge is 0.325 e. The molecule has 0 radical (unpaired) electrons. The number of ether oxygens (including phenoxy) is 1. The number of hydrogen-bond acceptors (Lipinski definition) is 6. The van der Waals surface area contributed by atoms with Gasteiger partial charge in [0.2, 0.25) is 5.91 Å². The highest BCUT2D eigenvalue weighted by molar-refractivity contribution is 5.88. The lowest BCUT2D eigenvalue weighted by molar-refractivity contribution is -0.148. The average molecular weight is 308 g/mol. The second kappa shape index (κ2) is 5.84. The molecule has 0 aliphatic carbocycles. The first-order chi connectivity index (χ1) is 10.2. The number of rotatable bonds is 4. The van der Waals surface area contributed by atoms with E-state index in [1.807, 2.05) is 13.8 Å². The van der Waals surface area contributed by atoms with Crippen molar-refractivity contribution in [2.45, 2.75) is 32.0 Å². The molecule has 7 heteroatoms. The normalized spacial score (nSPS) is 20.2. The number of nitrogens with zero attached hydrogens (tertiary/aromatic N) is 1. The lowest BCUT2D eigenvalue weighted by Crippen LogP contribution is -2.49. The summed E-state index contributed by atoms with van der Waals surface area (Å²) in [6, 6.07) is 3.92. The summed E-state index contributed by atoms with van der Waals surface area (Å²) < 4.78 is 4.61. The van der Waals surface area contributed by atoms with Crippen molar-refractivity contribution in [3.8, 4) is 11.5 Å². The van der Waals surface area contributed by atoms with E-state index >= 15 is 0 Å². The van der Waals surface area contributed by atoms with E-state index in [2.05, 4.69) is 10.1 Å². The molecule has 1 amide bonds. The maximum atomic E-state index is 12.5. The number of carbonyl (C=O) groups is 2. The van der Waals surface area contributed by atoms with Gasteiger partial charge >= 0.3 is 5.97 Å². The Morgan fingerprint density at radius 2 is 2.05 bits per heavy atom. The van der Waals surface area contributed by atoms with Crippen LogP contribution in [0.2, 0.25) is 0 Å². The van der Waals surface area contributed by atoms with E-state index in [0.29, 0.717) is 12.0 Å². The largest absolute Gasteiger partial charge is 0.504 e. The molecule has 1 aliphatic heterocycles. The van der Waals surface area contributed by atoms with Gasteiger partial charge < -0.3 is 19.8 Å². The predicted octanol–water partition coefficient (Wildman–Crippen LogP) is 0.350. The molecular formula is C15H20N2O5. The zero-order valence-electron chi connectivity index (χ0n) is 12.8. The molecule has 1 aromatic rings. The number of esters is 1. The van der Waals surface area contributed by atoms with Crippen LogP contribution in [0.15, 0.2) is 18.2 Å². The molecule has 7 nitrogen and oxygen atoms in total. The van der Waals surface area contributed by atoms with Gasteiger partial charge in [0.05, 0.1) is 18.8 Å². The molecule has 1 aromatic carbocycles. The number of carbonyl (C=O) groups excluding carboxylic acids is 2. The van der Waals surface area contributed by atoms with Gasteiger partial charge in [-0.2, -0.15) is 0 Å². The van der Waals surface area contributed by atoms with Gasteiger partial charge in [-0.15, -0.1) is 0 Å². The minimum absolute atomic E-state index is 0.118. The van der Waals surface area contributed by atoms with Crippen LogP contribution in [0.3, 0.4) is 0 Å². The SMILES string of the molecule is COC(=O)CN1C(=O)[C@H](Cc2ccc(O)c(O)c2)NC1(C)C. The van der Waals surface area contributed by atoms with Crippen molar-refractivity contribution in [2.24, 2.45) is 0 Å². The Morgan fingerprint density at radius 3 is 2.64 bits per heavy atom. The molecule has 1 aliphatic rings. The first-order valence-corrected chi connectivity index (χ1v) is 6.91. The number of benzene rings is 1. The highest BCUT2D eigenvalue weighted by Gasteiger charge is 2.44. The molecular weight excluding hydrogens is 288 g/mol. The van der Waals surface area contributed by atoms with E-state index in [1.54, 1.807) is 6.07 Å². The first kappa shape index (κ1) is 16.1. The maximum Gasteiger partial charge on any atom is 0.325 e. The summed E-state index contributed by atoms with van der Waals surface area (Å²) in [4.78, 5) is 25.4. The summed E-state index contributed by atoms with van der Waals surface area (Å²) in [6.07, 6.45) is 0.341. The van der Waals surface area contributed by atoms with Crippen molar-refractivity contribution in [1.82, 2.24) is 10.2 Å². The van der Waals surface area contributed by atoms with Crippen LogP contribution in [0.25, 0.3) is 0 Å². The van der Waals surface area contributed by atoms with E-state index < -0.39 is 17.7 Å². The Hall–Kier alpha value is -2.28.